The zero-order valence-electron chi connectivity index (χ0n) is 4.23. The molecule has 0 rings (SSSR count). The average Bonchev–Trinajstić information content (AvgIpc) is 1.69. The third-order valence-corrected chi connectivity index (χ3v) is 1.75. The van der Waals surface area contributed by atoms with Crippen molar-refractivity contribution in [3.05, 3.63) is 24.8 Å². The summed E-state index contributed by atoms with van der Waals surface area (Å²) in [6.07, 6.45) is 5.74. The van der Waals surface area contributed by atoms with E-state index in [1.807, 2.05) is 12.2 Å². The first-order chi connectivity index (χ1) is 3.41. The van der Waals surface area contributed by atoms with E-state index in [9.17, 15) is 0 Å². The van der Waals surface area contributed by atoms with E-state index in [1.54, 1.807) is 6.08 Å². The zero-order valence-corrected chi connectivity index (χ0v) is 6.40. The van der Waals surface area contributed by atoms with Gasteiger partial charge in [-0.3, -0.25) is 0 Å². The molecule has 2 heteroatoms. The number of hydrogen-bond acceptors (Lipinski definition) is 0. The van der Waals surface area contributed by atoms with Crippen LogP contribution in [0.4, 0.5) is 0 Å². The molecule has 0 heterocycles. The van der Waals surface area contributed by atoms with Crippen LogP contribution in [0.3, 0.4) is 0 Å². The van der Waals surface area contributed by atoms with E-state index in [4.69, 9.17) is 11.1 Å². The first-order valence-electron chi connectivity index (χ1n) is 2.25. The Hall–Kier alpha value is -0.0131. The summed E-state index contributed by atoms with van der Waals surface area (Å²) in [7, 11) is -0.269. The fourth-order valence-electron chi connectivity index (χ4n) is 0.255. The Morgan fingerprint density at radius 3 is 2.86 bits per heavy atom. The van der Waals surface area contributed by atoms with Crippen molar-refractivity contribution in [3.8, 4) is 0 Å². The third kappa shape index (κ3) is 5.99. The molecule has 0 nitrogen and oxygen atoms in total. The van der Waals surface area contributed by atoms with Crippen LogP contribution >= 0.6 is 11.1 Å². The van der Waals surface area contributed by atoms with Crippen molar-refractivity contribution < 1.29 is 0 Å². The van der Waals surface area contributed by atoms with E-state index in [2.05, 4.69) is 6.58 Å². The Kier molecular flexibility index (Phi) is 5.98. The summed E-state index contributed by atoms with van der Waals surface area (Å²) in [4.78, 5) is 0. The smallest absolute Gasteiger partial charge is 0.129 e. The predicted molar refractivity (Wildman–Crippen MR) is 38.5 cm³/mol. The molecule has 0 radical (unpaired) electrons. The standard InChI is InChI=1S/C5H9ClSi/c1-2-3-4-5-7-6/h2-4H,1,5,7H2. The molecule has 0 N–H and O–H groups in total. The molecule has 0 saturated carbocycles. The molecule has 0 aromatic carbocycles. The molecule has 40 valence electrons. The average molecular weight is 133 g/mol. The summed E-state index contributed by atoms with van der Waals surface area (Å²) < 4.78 is 0. The Morgan fingerprint density at radius 2 is 2.43 bits per heavy atom. The van der Waals surface area contributed by atoms with Gasteiger partial charge in [0.25, 0.3) is 0 Å². The minimum atomic E-state index is -0.269. The molecule has 0 saturated heterocycles. The molecule has 0 aromatic rings. The maximum atomic E-state index is 5.49. The minimum absolute atomic E-state index is 0.269. The highest BCUT2D eigenvalue weighted by Crippen LogP contribution is 1.84. The van der Waals surface area contributed by atoms with Crippen LogP contribution in [0, 0.1) is 0 Å². The summed E-state index contributed by atoms with van der Waals surface area (Å²) in [5.41, 5.74) is 0. The van der Waals surface area contributed by atoms with Gasteiger partial charge in [0.2, 0.25) is 0 Å². The van der Waals surface area contributed by atoms with Crippen LogP contribution in [0.1, 0.15) is 0 Å². The van der Waals surface area contributed by atoms with E-state index in [0.29, 0.717) is 0 Å². The van der Waals surface area contributed by atoms with Gasteiger partial charge in [-0.05, 0) is 6.04 Å². The van der Waals surface area contributed by atoms with E-state index in [1.165, 1.54) is 0 Å². The van der Waals surface area contributed by atoms with Crippen molar-refractivity contribution in [1.82, 2.24) is 0 Å². The molecule has 0 aliphatic rings. The van der Waals surface area contributed by atoms with E-state index < -0.39 is 0 Å². The fraction of sp³-hybridized carbons (Fsp3) is 0.200. The maximum absolute atomic E-state index is 5.49. The van der Waals surface area contributed by atoms with E-state index in [-0.39, 0.29) is 8.83 Å². The highest BCUT2D eigenvalue weighted by Gasteiger charge is 1.70. The summed E-state index contributed by atoms with van der Waals surface area (Å²) in [5.74, 6) is 0. The molecule has 0 aliphatic carbocycles. The van der Waals surface area contributed by atoms with Crippen LogP contribution in [0.5, 0.6) is 0 Å². The molecule has 0 amide bonds. The lowest BCUT2D eigenvalue weighted by Gasteiger charge is -1.74. The Balaban J connectivity index is 2.92. The molecule has 7 heavy (non-hydrogen) atoms. The maximum Gasteiger partial charge on any atom is 0.129 e. The molecule has 0 spiro atoms. The summed E-state index contributed by atoms with van der Waals surface area (Å²) in [6.45, 7) is 3.52. The lowest BCUT2D eigenvalue weighted by molar-refractivity contribution is 1.70. The van der Waals surface area contributed by atoms with Crippen LogP contribution in [-0.4, -0.2) is 8.83 Å². The van der Waals surface area contributed by atoms with Gasteiger partial charge < -0.3 is 0 Å². The number of allylic oxidation sites excluding steroid dienone is 3. The zero-order chi connectivity index (χ0) is 5.54. The van der Waals surface area contributed by atoms with E-state index in [0.717, 1.165) is 6.04 Å². The number of rotatable bonds is 3. The molecule has 0 bridgehead atoms. The van der Waals surface area contributed by atoms with Crippen LogP contribution in [0.15, 0.2) is 24.8 Å². The molecule has 0 atom stereocenters. The predicted octanol–water partition coefficient (Wildman–Crippen LogP) is 1.47. The van der Waals surface area contributed by atoms with Crippen molar-refractivity contribution in [2.45, 2.75) is 6.04 Å². The van der Waals surface area contributed by atoms with Crippen molar-refractivity contribution in [2.24, 2.45) is 0 Å². The molecular formula is C5H9ClSi. The van der Waals surface area contributed by atoms with Gasteiger partial charge in [0.05, 0.1) is 0 Å². The van der Waals surface area contributed by atoms with E-state index >= 15 is 0 Å². The highest BCUT2D eigenvalue weighted by atomic mass is 35.6. The lowest BCUT2D eigenvalue weighted by Crippen LogP contribution is -1.66. The summed E-state index contributed by atoms with van der Waals surface area (Å²) in [6, 6.07) is 1.08. The summed E-state index contributed by atoms with van der Waals surface area (Å²) in [5, 5.41) is 0. The monoisotopic (exact) mass is 132 g/mol. The van der Waals surface area contributed by atoms with Crippen LogP contribution in [-0.2, 0) is 0 Å². The van der Waals surface area contributed by atoms with Crippen molar-refractivity contribution >= 4 is 19.9 Å². The lowest BCUT2D eigenvalue weighted by atomic mass is 10.5. The Labute approximate surface area is 51.4 Å². The van der Waals surface area contributed by atoms with Crippen LogP contribution in [0.2, 0.25) is 6.04 Å². The largest absolute Gasteiger partial charge is 0.176 e. The van der Waals surface area contributed by atoms with Crippen LogP contribution in [0.25, 0.3) is 0 Å². The second-order valence-electron chi connectivity index (χ2n) is 1.14. The first kappa shape index (κ1) is 6.99. The SMILES string of the molecule is C=CC=CC[SiH2]Cl. The van der Waals surface area contributed by atoms with Gasteiger partial charge in [-0.1, -0.05) is 24.8 Å². The van der Waals surface area contributed by atoms with Gasteiger partial charge in [0, 0.05) is 0 Å². The topological polar surface area (TPSA) is 0 Å². The van der Waals surface area contributed by atoms with Gasteiger partial charge in [-0.2, -0.15) is 11.1 Å². The highest BCUT2D eigenvalue weighted by molar-refractivity contribution is 6.93. The molecule has 0 unspecified atom stereocenters. The molecule has 0 aromatic heterocycles. The fourth-order valence-corrected chi connectivity index (χ4v) is 0.952. The first-order valence-corrected chi connectivity index (χ1v) is 5.39. The quantitative estimate of drug-likeness (QED) is 0.310. The van der Waals surface area contributed by atoms with Crippen molar-refractivity contribution in [3.63, 3.8) is 0 Å². The van der Waals surface area contributed by atoms with Gasteiger partial charge in [-0.25, -0.2) is 0 Å². The number of hydrogen-bond donors (Lipinski definition) is 0. The van der Waals surface area contributed by atoms with Gasteiger partial charge >= 0.3 is 0 Å². The normalized spacial score (nSPS) is 11.6. The van der Waals surface area contributed by atoms with Crippen molar-refractivity contribution in [1.29, 1.82) is 0 Å². The minimum Gasteiger partial charge on any atom is -0.176 e. The third-order valence-electron chi connectivity index (χ3n) is 0.548. The van der Waals surface area contributed by atoms with Gasteiger partial charge in [-0.15, -0.1) is 0 Å². The van der Waals surface area contributed by atoms with Crippen molar-refractivity contribution in [2.75, 3.05) is 0 Å². The molecule has 0 aliphatic heterocycles. The Bertz CT molecular complexity index is 68.5. The molecular weight excluding hydrogens is 124 g/mol. The van der Waals surface area contributed by atoms with Gasteiger partial charge in [0.15, 0.2) is 0 Å². The molecule has 0 fully saturated rings. The number of halogens is 1. The Morgan fingerprint density at radius 1 is 1.71 bits per heavy atom. The van der Waals surface area contributed by atoms with Gasteiger partial charge in [0.1, 0.15) is 8.83 Å². The van der Waals surface area contributed by atoms with Crippen LogP contribution < -0.4 is 0 Å². The second-order valence-corrected chi connectivity index (χ2v) is 3.23. The second kappa shape index (κ2) is 5.99. The summed E-state index contributed by atoms with van der Waals surface area (Å²) >= 11 is 5.49.